The van der Waals surface area contributed by atoms with Crippen molar-refractivity contribution in [3.8, 4) is 35.1 Å². The van der Waals surface area contributed by atoms with Gasteiger partial charge in [-0.1, -0.05) is 48.5 Å². The number of rotatable bonds is 4. The van der Waals surface area contributed by atoms with Gasteiger partial charge in [-0.3, -0.25) is 0 Å². The van der Waals surface area contributed by atoms with Crippen LogP contribution < -0.4 is 30.4 Å². The van der Waals surface area contributed by atoms with Gasteiger partial charge < -0.3 is 30.4 Å². The van der Waals surface area contributed by atoms with Gasteiger partial charge in [-0.15, -0.1) is 0 Å². The summed E-state index contributed by atoms with van der Waals surface area (Å²) in [5.74, 6) is 0.983. The molecule has 4 N–H and O–H groups in total. The fraction of sp³-hybridized carbons (Fsp3) is 0.125. The number of methoxy groups -OCH3 is 2. The fourth-order valence-corrected chi connectivity index (χ4v) is 5.62. The molecule has 2 heterocycles. The van der Waals surface area contributed by atoms with Gasteiger partial charge in [0.05, 0.1) is 26.1 Å². The molecule has 2 atom stereocenters. The average Bonchev–Trinajstić information content (AvgIpc) is 3.00. The first-order chi connectivity index (χ1) is 19.5. The Kier molecular flexibility index (Phi) is 5.94. The summed E-state index contributed by atoms with van der Waals surface area (Å²) in [6.45, 7) is 0. The van der Waals surface area contributed by atoms with Gasteiger partial charge in [-0.2, -0.15) is 10.5 Å². The van der Waals surface area contributed by atoms with Crippen LogP contribution in [0.1, 0.15) is 34.1 Å². The zero-order valence-corrected chi connectivity index (χ0v) is 21.8. The minimum Gasteiger partial charge on any atom is -0.497 e. The van der Waals surface area contributed by atoms with Gasteiger partial charge in [-0.25, -0.2) is 0 Å². The van der Waals surface area contributed by atoms with Gasteiger partial charge in [-0.05, 0) is 46.2 Å². The van der Waals surface area contributed by atoms with Crippen molar-refractivity contribution >= 4 is 10.8 Å². The summed E-state index contributed by atoms with van der Waals surface area (Å²) in [6.07, 6.45) is 0. The number of fused-ring (bicyclic) bond motifs is 6. The fourth-order valence-electron chi connectivity index (χ4n) is 5.62. The van der Waals surface area contributed by atoms with E-state index in [0.29, 0.717) is 23.0 Å². The number of nitrogens with two attached hydrogens (primary N) is 2. The number of nitriles is 2. The van der Waals surface area contributed by atoms with Crippen LogP contribution in [0, 0.1) is 22.7 Å². The van der Waals surface area contributed by atoms with Crippen LogP contribution in [0.15, 0.2) is 95.7 Å². The molecule has 0 bridgehead atoms. The molecular formula is C32H24N4O4. The molecule has 2 aliphatic rings. The van der Waals surface area contributed by atoms with E-state index in [1.807, 2.05) is 72.8 Å². The van der Waals surface area contributed by atoms with Gasteiger partial charge in [0.1, 0.15) is 34.8 Å². The molecule has 196 valence electrons. The molecule has 0 saturated heterocycles. The second-order valence-electron chi connectivity index (χ2n) is 9.43. The largest absolute Gasteiger partial charge is 0.497 e. The Hall–Kier alpha value is -5.60. The second-order valence-corrected chi connectivity index (χ2v) is 9.43. The second kappa shape index (κ2) is 9.61. The number of benzene rings is 4. The van der Waals surface area contributed by atoms with Crippen LogP contribution in [0.3, 0.4) is 0 Å². The number of hydrogen-bond donors (Lipinski definition) is 2. The van der Waals surface area contributed by atoms with Crippen molar-refractivity contribution in [3.05, 3.63) is 118 Å². The van der Waals surface area contributed by atoms with Gasteiger partial charge in [0, 0.05) is 11.1 Å². The molecule has 0 aliphatic carbocycles. The maximum Gasteiger partial charge on any atom is 0.205 e. The van der Waals surface area contributed by atoms with Crippen molar-refractivity contribution in [2.75, 3.05) is 14.2 Å². The molecule has 0 saturated carbocycles. The first-order valence-electron chi connectivity index (χ1n) is 12.5. The van der Waals surface area contributed by atoms with Crippen LogP contribution in [0.25, 0.3) is 10.8 Å². The maximum atomic E-state index is 10.2. The first-order valence-corrected chi connectivity index (χ1v) is 12.5. The Morgan fingerprint density at radius 2 is 1.00 bits per heavy atom. The quantitative estimate of drug-likeness (QED) is 0.364. The van der Waals surface area contributed by atoms with Crippen LogP contribution in [0.2, 0.25) is 0 Å². The van der Waals surface area contributed by atoms with Gasteiger partial charge in [0.15, 0.2) is 11.5 Å². The smallest absolute Gasteiger partial charge is 0.205 e. The van der Waals surface area contributed by atoms with Crippen molar-refractivity contribution in [1.29, 1.82) is 10.5 Å². The highest BCUT2D eigenvalue weighted by atomic mass is 16.5. The molecule has 0 spiro atoms. The van der Waals surface area contributed by atoms with E-state index in [1.165, 1.54) is 0 Å². The zero-order chi connectivity index (χ0) is 28.0. The molecule has 0 radical (unpaired) electrons. The molecule has 0 amide bonds. The monoisotopic (exact) mass is 528 g/mol. The molecule has 6 rings (SSSR count). The molecular weight excluding hydrogens is 504 g/mol. The molecule has 4 aromatic rings. The van der Waals surface area contributed by atoms with Crippen LogP contribution in [-0.4, -0.2) is 14.2 Å². The third kappa shape index (κ3) is 3.66. The highest BCUT2D eigenvalue weighted by molar-refractivity contribution is 5.97. The van der Waals surface area contributed by atoms with E-state index in [9.17, 15) is 10.5 Å². The van der Waals surface area contributed by atoms with Gasteiger partial charge >= 0.3 is 0 Å². The van der Waals surface area contributed by atoms with E-state index < -0.39 is 11.8 Å². The van der Waals surface area contributed by atoms with Gasteiger partial charge in [0.2, 0.25) is 11.8 Å². The van der Waals surface area contributed by atoms with E-state index in [0.717, 1.165) is 33.0 Å². The minimum atomic E-state index is -0.541. The van der Waals surface area contributed by atoms with Crippen molar-refractivity contribution in [2.45, 2.75) is 11.8 Å². The van der Waals surface area contributed by atoms with E-state index in [-0.39, 0.29) is 22.9 Å². The zero-order valence-electron chi connectivity index (χ0n) is 21.8. The molecule has 0 fully saturated rings. The molecule has 8 heteroatoms. The molecule has 4 aromatic carbocycles. The third-order valence-electron chi connectivity index (χ3n) is 7.45. The SMILES string of the molecule is COc1ccc([C@@H]2C(C#N)=C(N)Oc3c4c(c5ccccc5c32)[C@H](c2ccc(OC)cc2)C(C#N)=C(N)O4)cc1. The molecule has 8 nitrogen and oxygen atoms in total. The van der Waals surface area contributed by atoms with Crippen LogP contribution >= 0.6 is 0 Å². The van der Waals surface area contributed by atoms with Crippen LogP contribution in [0.5, 0.6) is 23.0 Å². The van der Waals surface area contributed by atoms with E-state index in [4.69, 9.17) is 30.4 Å². The molecule has 2 aliphatic heterocycles. The predicted molar refractivity (Wildman–Crippen MR) is 149 cm³/mol. The number of allylic oxidation sites excluding steroid dienone is 2. The maximum absolute atomic E-state index is 10.2. The third-order valence-corrected chi connectivity index (χ3v) is 7.45. The lowest BCUT2D eigenvalue weighted by molar-refractivity contribution is 0.337. The summed E-state index contributed by atoms with van der Waals surface area (Å²) in [4.78, 5) is 0. The lowest BCUT2D eigenvalue weighted by atomic mass is 9.76. The van der Waals surface area contributed by atoms with Crippen molar-refractivity contribution in [3.63, 3.8) is 0 Å². The molecule has 40 heavy (non-hydrogen) atoms. The summed E-state index contributed by atoms with van der Waals surface area (Å²) in [6, 6.07) is 27.3. The highest BCUT2D eigenvalue weighted by Crippen LogP contribution is 2.57. The highest BCUT2D eigenvalue weighted by Gasteiger charge is 2.41. The van der Waals surface area contributed by atoms with Crippen molar-refractivity contribution in [1.82, 2.24) is 0 Å². The standard InChI is InChI=1S/C32H24N4O4/c1-37-19-11-7-17(8-12-19)25-23(15-33)31(35)39-29-27(25)21-5-3-4-6-22(21)28-26(18-9-13-20(38-2)14-10-18)24(16-34)32(36)40-30(28)29/h3-14,25-26H,35-36H2,1-2H3/t25-,26-/m1/s1. The lowest BCUT2D eigenvalue weighted by Gasteiger charge is -2.34. The van der Waals surface area contributed by atoms with Crippen molar-refractivity contribution < 1.29 is 18.9 Å². The van der Waals surface area contributed by atoms with Crippen molar-refractivity contribution in [2.24, 2.45) is 11.5 Å². The van der Waals surface area contributed by atoms with Crippen LogP contribution in [0.4, 0.5) is 0 Å². The Balaban J connectivity index is 1.69. The summed E-state index contributed by atoms with van der Waals surface area (Å²) >= 11 is 0. The summed E-state index contributed by atoms with van der Waals surface area (Å²) < 4.78 is 23.1. The Labute approximate surface area is 230 Å². The number of ether oxygens (including phenoxy) is 4. The normalized spacial score (nSPS) is 17.6. The first kappa shape index (κ1) is 24.7. The number of nitrogens with zero attached hydrogens (tertiary/aromatic N) is 2. The lowest BCUT2D eigenvalue weighted by Crippen LogP contribution is -2.26. The van der Waals surface area contributed by atoms with E-state index >= 15 is 0 Å². The molecule has 0 unspecified atom stereocenters. The van der Waals surface area contributed by atoms with Gasteiger partial charge in [0.25, 0.3) is 0 Å². The van der Waals surface area contributed by atoms with E-state index in [2.05, 4.69) is 12.1 Å². The Morgan fingerprint density at radius 3 is 1.32 bits per heavy atom. The topological polar surface area (TPSA) is 137 Å². The average molecular weight is 529 g/mol. The summed E-state index contributed by atoms with van der Waals surface area (Å²) in [5, 5.41) is 22.0. The predicted octanol–water partition coefficient (Wildman–Crippen LogP) is 5.29. The summed E-state index contributed by atoms with van der Waals surface area (Å²) in [7, 11) is 3.20. The minimum absolute atomic E-state index is 0.0217. The Bertz CT molecular complexity index is 1680. The summed E-state index contributed by atoms with van der Waals surface area (Å²) in [5.41, 5.74) is 16.4. The van der Waals surface area contributed by atoms with E-state index in [1.54, 1.807) is 14.2 Å². The number of hydrogen-bond acceptors (Lipinski definition) is 8. The Morgan fingerprint density at radius 1 is 0.625 bits per heavy atom. The molecule has 0 aromatic heterocycles. The van der Waals surface area contributed by atoms with Crippen LogP contribution in [-0.2, 0) is 0 Å².